The van der Waals surface area contributed by atoms with Gasteiger partial charge >= 0.3 is 0 Å². The molecule has 1 fully saturated rings. The van der Waals surface area contributed by atoms with Gasteiger partial charge in [-0.05, 0) is 31.7 Å². The first-order valence-corrected chi connectivity index (χ1v) is 6.80. The predicted molar refractivity (Wildman–Crippen MR) is 71.0 cm³/mol. The van der Waals surface area contributed by atoms with E-state index in [1.54, 1.807) is 6.07 Å². The Morgan fingerprint density at radius 1 is 1.39 bits per heavy atom. The van der Waals surface area contributed by atoms with Gasteiger partial charge in [-0.25, -0.2) is 4.39 Å². The van der Waals surface area contributed by atoms with Gasteiger partial charge in [-0.2, -0.15) is 0 Å². The van der Waals surface area contributed by atoms with Crippen LogP contribution in [0.3, 0.4) is 0 Å². The third-order valence-electron chi connectivity index (χ3n) is 3.88. The number of nitrogens with one attached hydrogen (secondary N) is 1. The summed E-state index contributed by atoms with van der Waals surface area (Å²) in [5.41, 5.74) is 0.773. The molecule has 3 heteroatoms. The molecule has 2 nitrogen and oxygen atoms in total. The largest absolute Gasteiger partial charge is 0.508 e. The average Bonchev–Trinajstić information content (AvgIpc) is 2.28. The number of benzene rings is 1. The molecule has 0 bridgehead atoms. The molecule has 3 atom stereocenters. The fourth-order valence-corrected chi connectivity index (χ4v) is 2.91. The molecule has 0 spiro atoms. The molecule has 0 heterocycles. The van der Waals surface area contributed by atoms with E-state index in [-0.39, 0.29) is 11.8 Å². The molecule has 3 unspecified atom stereocenters. The highest BCUT2D eigenvalue weighted by molar-refractivity contribution is 5.34. The van der Waals surface area contributed by atoms with Crippen LogP contribution in [0.25, 0.3) is 0 Å². The first-order valence-electron chi connectivity index (χ1n) is 6.80. The maximum absolute atomic E-state index is 12.9. The lowest BCUT2D eigenvalue weighted by atomic mass is 9.86. The van der Waals surface area contributed by atoms with Crippen LogP contribution in [0, 0.1) is 11.7 Å². The van der Waals surface area contributed by atoms with Crippen LogP contribution in [-0.2, 0) is 0 Å². The zero-order valence-electron chi connectivity index (χ0n) is 11.1. The minimum absolute atomic E-state index is 0.0406. The Bertz CT molecular complexity index is 407. The highest BCUT2D eigenvalue weighted by atomic mass is 19.1. The zero-order chi connectivity index (χ0) is 13.1. The first-order chi connectivity index (χ1) is 8.56. The highest BCUT2D eigenvalue weighted by Crippen LogP contribution is 2.28. The predicted octanol–water partition coefficient (Wildman–Crippen LogP) is 3.76. The van der Waals surface area contributed by atoms with E-state index in [0.717, 1.165) is 11.5 Å². The van der Waals surface area contributed by atoms with E-state index < -0.39 is 5.82 Å². The number of aromatic hydroxyl groups is 1. The van der Waals surface area contributed by atoms with Gasteiger partial charge < -0.3 is 10.4 Å². The van der Waals surface area contributed by atoms with E-state index in [0.29, 0.717) is 6.04 Å². The third kappa shape index (κ3) is 3.22. The van der Waals surface area contributed by atoms with E-state index in [1.165, 1.54) is 37.8 Å². The Morgan fingerprint density at radius 2 is 2.17 bits per heavy atom. The van der Waals surface area contributed by atoms with Gasteiger partial charge in [0.1, 0.15) is 11.6 Å². The lowest BCUT2D eigenvalue weighted by Gasteiger charge is -2.30. The van der Waals surface area contributed by atoms with Crippen LogP contribution in [0.4, 0.5) is 4.39 Å². The van der Waals surface area contributed by atoms with Gasteiger partial charge in [0.2, 0.25) is 0 Å². The minimum atomic E-state index is -0.394. The minimum Gasteiger partial charge on any atom is -0.508 e. The maximum Gasteiger partial charge on any atom is 0.126 e. The highest BCUT2D eigenvalue weighted by Gasteiger charge is 2.21. The molecule has 1 saturated carbocycles. The second-order valence-electron chi connectivity index (χ2n) is 5.56. The molecule has 2 rings (SSSR count). The van der Waals surface area contributed by atoms with Crippen LogP contribution in [-0.4, -0.2) is 11.1 Å². The monoisotopic (exact) mass is 251 g/mol. The summed E-state index contributed by atoms with van der Waals surface area (Å²) in [5, 5.41) is 13.3. The van der Waals surface area contributed by atoms with Gasteiger partial charge in [0, 0.05) is 23.7 Å². The fraction of sp³-hybridized carbons (Fsp3) is 0.600. The molecular formula is C15H22FNO. The van der Waals surface area contributed by atoms with Crippen LogP contribution >= 0.6 is 0 Å². The number of phenolic OH excluding ortho intramolecular Hbond substituents is 1. The van der Waals surface area contributed by atoms with Crippen LogP contribution in [0.2, 0.25) is 0 Å². The number of halogens is 1. The fourth-order valence-electron chi connectivity index (χ4n) is 2.91. The van der Waals surface area contributed by atoms with Crippen molar-refractivity contribution < 1.29 is 9.50 Å². The number of rotatable bonds is 3. The molecule has 0 aliphatic heterocycles. The average molecular weight is 251 g/mol. The molecule has 100 valence electrons. The second kappa shape index (κ2) is 5.70. The molecule has 0 amide bonds. The van der Waals surface area contributed by atoms with Crippen molar-refractivity contribution in [1.82, 2.24) is 5.32 Å². The summed E-state index contributed by atoms with van der Waals surface area (Å²) in [6, 6.07) is 4.80. The summed E-state index contributed by atoms with van der Waals surface area (Å²) in [5.74, 6) is 0.416. The molecule has 2 N–H and O–H groups in total. The molecule has 1 aromatic rings. The molecule has 0 saturated heterocycles. The Labute approximate surface area is 108 Å². The molecule has 1 aliphatic carbocycles. The van der Waals surface area contributed by atoms with Crippen molar-refractivity contribution in [2.75, 3.05) is 0 Å². The van der Waals surface area contributed by atoms with E-state index in [4.69, 9.17) is 0 Å². The van der Waals surface area contributed by atoms with Crippen LogP contribution in [0.1, 0.15) is 51.1 Å². The molecular weight excluding hydrogens is 229 g/mol. The topological polar surface area (TPSA) is 32.3 Å². The van der Waals surface area contributed by atoms with Gasteiger partial charge in [-0.1, -0.05) is 25.8 Å². The van der Waals surface area contributed by atoms with Gasteiger partial charge in [0.15, 0.2) is 0 Å². The van der Waals surface area contributed by atoms with Crippen molar-refractivity contribution in [2.24, 2.45) is 5.92 Å². The summed E-state index contributed by atoms with van der Waals surface area (Å²) in [6.45, 7) is 4.31. The van der Waals surface area contributed by atoms with Crippen molar-refractivity contribution in [3.05, 3.63) is 29.6 Å². The number of hydrogen-bond donors (Lipinski definition) is 2. The molecule has 0 radical (unpaired) electrons. The SMILES string of the molecule is CC1CCCC(NC(C)c2ccc(F)cc2O)C1. The van der Waals surface area contributed by atoms with Crippen LogP contribution < -0.4 is 5.32 Å². The lowest BCUT2D eigenvalue weighted by Crippen LogP contribution is -2.35. The van der Waals surface area contributed by atoms with Crippen molar-refractivity contribution in [1.29, 1.82) is 0 Å². The Kier molecular flexibility index (Phi) is 4.23. The normalized spacial score (nSPS) is 25.9. The van der Waals surface area contributed by atoms with Gasteiger partial charge in [-0.3, -0.25) is 0 Å². The molecule has 0 aromatic heterocycles. The Morgan fingerprint density at radius 3 is 2.83 bits per heavy atom. The Hall–Kier alpha value is -1.09. The lowest BCUT2D eigenvalue weighted by molar-refractivity contribution is 0.283. The second-order valence-corrected chi connectivity index (χ2v) is 5.56. The van der Waals surface area contributed by atoms with E-state index in [9.17, 15) is 9.50 Å². The quantitative estimate of drug-likeness (QED) is 0.857. The summed E-state index contributed by atoms with van der Waals surface area (Å²) in [4.78, 5) is 0. The number of phenols is 1. The third-order valence-corrected chi connectivity index (χ3v) is 3.88. The Balaban J connectivity index is 2.00. The standard InChI is InChI=1S/C15H22FNO/c1-10-4-3-5-13(8-10)17-11(2)14-7-6-12(16)9-15(14)18/h6-7,9-11,13,17-18H,3-5,8H2,1-2H3. The summed E-state index contributed by atoms with van der Waals surface area (Å²) < 4.78 is 12.9. The summed E-state index contributed by atoms with van der Waals surface area (Å²) in [7, 11) is 0. The van der Waals surface area contributed by atoms with Crippen molar-refractivity contribution in [3.8, 4) is 5.75 Å². The van der Waals surface area contributed by atoms with E-state index in [2.05, 4.69) is 12.2 Å². The van der Waals surface area contributed by atoms with Crippen molar-refractivity contribution in [2.45, 2.75) is 51.6 Å². The van der Waals surface area contributed by atoms with Gasteiger partial charge in [0.05, 0.1) is 0 Å². The van der Waals surface area contributed by atoms with E-state index >= 15 is 0 Å². The first kappa shape index (κ1) is 13.3. The van der Waals surface area contributed by atoms with Gasteiger partial charge in [-0.15, -0.1) is 0 Å². The van der Waals surface area contributed by atoms with Gasteiger partial charge in [0.25, 0.3) is 0 Å². The summed E-state index contributed by atoms with van der Waals surface area (Å²) in [6.07, 6.45) is 4.96. The molecule has 18 heavy (non-hydrogen) atoms. The molecule has 1 aromatic carbocycles. The summed E-state index contributed by atoms with van der Waals surface area (Å²) >= 11 is 0. The maximum atomic E-state index is 12.9. The van der Waals surface area contributed by atoms with Crippen molar-refractivity contribution >= 4 is 0 Å². The smallest absolute Gasteiger partial charge is 0.126 e. The van der Waals surface area contributed by atoms with Crippen molar-refractivity contribution in [3.63, 3.8) is 0 Å². The van der Waals surface area contributed by atoms with Crippen LogP contribution in [0.5, 0.6) is 5.75 Å². The molecule has 1 aliphatic rings. The van der Waals surface area contributed by atoms with E-state index in [1.807, 2.05) is 6.92 Å². The zero-order valence-corrected chi connectivity index (χ0v) is 11.1. The van der Waals surface area contributed by atoms with Crippen LogP contribution in [0.15, 0.2) is 18.2 Å². The number of hydrogen-bond acceptors (Lipinski definition) is 2.